The second-order valence-corrected chi connectivity index (χ2v) is 9.54. The minimum absolute atomic E-state index is 0.302. The summed E-state index contributed by atoms with van der Waals surface area (Å²) in [6.07, 6.45) is 2.49. The molecule has 0 radical (unpaired) electrons. The highest BCUT2D eigenvalue weighted by Crippen LogP contribution is 2.41. The maximum absolute atomic E-state index is 13.0. The molecular weight excluding hydrogens is 414 g/mol. The van der Waals surface area contributed by atoms with Gasteiger partial charge in [0.25, 0.3) is 0 Å². The number of nitrogens with one attached hydrogen (secondary N) is 1. The fourth-order valence-electron chi connectivity index (χ4n) is 4.24. The van der Waals surface area contributed by atoms with Crippen molar-refractivity contribution in [1.82, 2.24) is 0 Å². The zero-order valence-electron chi connectivity index (χ0n) is 18.3. The van der Waals surface area contributed by atoms with Gasteiger partial charge >= 0.3 is 5.97 Å². The molecule has 166 valence electrons. The van der Waals surface area contributed by atoms with Crippen LogP contribution in [0.5, 0.6) is 0 Å². The Kier molecular flexibility index (Phi) is 7.15. The Bertz CT molecular complexity index is 977. The number of anilines is 1. The van der Waals surface area contributed by atoms with Gasteiger partial charge in [0.1, 0.15) is 10.6 Å². The summed E-state index contributed by atoms with van der Waals surface area (Å²) in [5.41, 5.74) is 3.08. The summed E-state index contributed by atoms with van der Waals surface area (Å²) in [5.74, 6) is -3.20. The van der Waals surface area contributed by atoms with Crippen LogP contribution in [0.2, 0.25) is 0 Å². The molecule has 1 aromatic heterocycles. The molecule has 6 nitrogen and oxygen atoms in total. The van der Waals surface area contributed by atoms with E-state index >= 15 is 0 Å². The molecule has 1 aliphatic carbocycles. The van der Waals surface area contributed by atoms with E-state index in [1.165, 1.54) is 24.0 Å². The van der Waals surface area contributed by atoms with Gasteiger partial charge in [0, 0.05) is 28.2 Å². The van der Waals surface area contributed by atoms with Gasteiger partial charge in [0.2, 0.25) is 5.91 Å². The number of esters is 1. The highest BCUT2D eigenvalue weighted by molar-refractivity contribution is 7.17. The zero-order chi connectivity index (χ0) is 22.7. The standard InChI is InChI=1S/C24H29NO5S/c1-13(2)15-9-11-16(12-10-15)19-14(3)31-22(20(19)24(29)30-4)25-21(26)17-7-5-6-8-18(17)23(27)28/h9-13,17-18H,5-8H2,1-4H3,(H,25,26)(H,27,28)/p-1. The molecule has 1 N–H and O–H groups in total. The smallest absolute Gasteiger partial charge is 0.341 e. The van der Waals surface area contributed by atoms with Gasteiger partial charge in [0.05, 0.1) is 7.11 Å². The van der Waals surface area contributed by atoms with Crippen LogP contribution in [-0.2, 0) is 14.3 Å². The van der Waals surface area contributed by atoms with Crippen molar-refractivity contribution < 1.29 is 24.2 Å². The minimum Gasteiger partial charge on any atom is -0.550 e. The SMILES string of the molecule is COC(=O)c1c(NC(=O)C2CCCCC2C(=O)[O-])sc(C)c1-c1ccc(C(C)C)cc1. The van der Waals surface area contributed by atoms with E-state index in [0.717, 1.165) is 28.8 Å². The van der Waals surface area contributed by atoms with Crippen molar-refractivity contribution in [3.63, 3.8) is 0 Å². The van der Waals surface area contributed by atoms with Crippen molar-refractivity contribution in [1.29, 1.82) is 0 Å². The monoisotopic (exact) mass is 442 g/mol. The molecule has 0 bridgehead atoms. The van der Waals surface area contributed by atoms with Gasteiger partial charge in [-0.3, -0.25) is 4.79 Å². The number of rotatable bonds is 6. The Morgan fingerprint density at radius 3 is 2.26 bits per heavy atom. The molecule has 1 amide bonds. The van der Waals surface area contributed by atoms with Crippen LogP contribution < -0.4 is 10.4 Å². The number of amides is 1. The third-order valence-corrected chi connectivity index (χ3v) is 7.00. The van der Waals surface area contributed by atoms with Crippen molar-refractivity contribution in [2.24, 2.45) is 11.8 Å². The van der Waals surface area contributed by atoms with Crippen molar-refractivity contribution >= 4 is 34.2 Å². The van der Waals surface area contributed by atoms with Crippen LogP contribution in [-0.4, -0.2) is 25.0 Å². The maximum Gasteiger partial charge on any atom is 0.341 e. The summed E-state index contributed by atoms with van der Waals surface area (Å²) in [6.45, 7) is 6.12. The lowest BCUT2D eigenvalue weighted by molar-refractivity contribution is -0.313. The molecule has 2 unspecified atom stereocenters. The zero-order valence-corrected chi connectivity index (χ0v) is 19.1. The van der Waals surface area contributed by atoms with E-state index in [-0.39, 0.29) is 5.91 Å². The van der Waals surface area contributed by atoms with Crippen LogP contribution in [0.4, 0.5) is 5.00 Å². The van der Waals surface area contributed by atoms with E-state index in [1.54, 1.807) is 0 Å². The number of ether oxygens (including phenoxy) is 1. The Hall–Kier alpha value is -2.67. The first-order valence-electron chi connectivity index (χ1n) is 10.6. The third-order valence-electron chi connectivity index (χ3n) is 5.98. The number of aliphatic carboxylic acids is 1. The molecule has 1 aliphatic rings. The summed E-state index contributed by atoms with van der Waals surface area (Å²) in [6, 6.07) is 8.00. The van der Waals surface area contributed by atoms with Crippen molar-refractivity contribution in [3.05, 3.63) is 40.3 Å². The predicted octanol–water partition coefficient (Wildman–Crippen LogP) is 4.13. The molecule has 1 heterocycles. The number of aryl methyl sites for hydroxylation is 1. The van der Waals surface area contributed by atoms with Crippen molar-refractivity contribution in [2.45, 2.75) is 52.4 Å². The lowest BCUT2D eigenvalue weighted by Crippen LogP contribution is -2.42. The highest BCUT2D eigenvalue weighted by atomic mass is 32.1. The number of carbonyl (C=O) groups is 3. The summed E-state index contributed by atoms with van der Waals surface area (Å²) >= 11 is 1.30. The van der Waals surface area contributed by atoms with E-state index in [9.17, 15) is 19.5 Å². The van der Waals surface area contributed by atoms with Crippen LogP contribution in [0.3, 0.4) is 0 Å². The number of carbonyl (C=O) groups excluding carboxylic acids is 3. The largest absolute Gasteiger partial charge is 0.550 e. The topological polar surface area (TPSA) is 95.5 Å². The number of carboxylic acids is 1. The summed E-state index contributed by atoms with van der Waals surface area (Å²) in [5, 5.41) is 14.7. The Morgan fingerprint density at radius 2 is 1.71 bits per heavy atom. The van der Waals surface area contributed by atoms with Gasteiger partial charge in [-0.25, -0.2) is 4.79 Å². The number of thiophene rings is 1. The molecular formula is C24H28NO5S-. The summed E-state index contributed by atoms with van der Waals surface area (Å²) in [7, 11) is 1.31. The molecule has 1 fully saturated rings. The van der Waals surface area contributed by atoms with E-state index in [2.05, 4.69) is 19.2 Å². The Morgan fingerprint density at radius 1 is 1.10 bits per heavy atom. The number of benzene rings is 1. The van der Waals surface area contributed by atoms with Crippen molar-refractivity contribution in [2.75, 3.05) is 12.4 Å². The van der Waals surface area contributed by atoms with Gasteiger partial charge in [0.15, 0.2) is 0 Å². The van der Waals surface area contributed by atoms with Crippen LogP contribution in [0, 0.1) is 18.8 Å². The van der Waals surface area contributed by atoms with E-state index < -0.39 is 23.8 Å². The molecule has 0 saturated heterocycles. The Balaban J connectivity index is 1.97. The third kappa shape index (κ3) is 4.82. The quantitative estimate of drug-likeness (QED) is 0.679. The molecule has 1 aromatic carbocycles. The lowest BCUT2D eigenvalue weighted by atomic mass is 9.78. The first kappa shape index (κ1) is 23.0. The molecule has 0 aliphatic heterocycles. The van der Waals surface area contributed by atoms with Crippen LogP contribution in [0.15, 0.2) is 24.3 Å². The molecule has 1 saturated carbocycles. The highest BCUT2D eigenvalue weighted by Gasteiger charge is 2.33. The summed E-state index contributed by atoms with van der Waals surface area (Å²) in [4.78, 5) is 38.0. The molecule has 0 spiro atoms. The first-order chi connectivity index (χ1) is 14.7. The fourth-order valence-corrected chi connectivity index (χ4v) is 5.31. The molecule has 3 rings (SSSR count). The van der Waals surface area contributed by atoms with Gasteiger partial charge in [-0.2, -0.15) is 0 Å². The molecule has 31 heavy (non-hydrogen) atoms. The Labute approximate surface area is 186 Å². The van der Waals surface area contributed by atoms with Crippen molar-refractivity contribution in [3.8, 4) is 11.1 Å². The van der Waals surface area contributed by atoms with Gasteiger partial charge in [-0.1, -0.05) is 51.0 Å². The van der Waals surface area contributed by atoms with Crippen LogP contribution in [0.1, 0.15) is 66.2 Å². The predicted molar refractivity (Wildman–Crippen MR) is 119 cm³/mol. The second kappa shape index (κ2) is 9.64. The number of methoxy groups -OCH3 is 1. The number of hydrogen-bond acceptors (Lipinski definition) is 6. The van der Waals surface area contributed by atoms with E-state index in [1.807, 2.05) is 31.2 Å². The number of carboxylic acid groups (broad SMARTS) is 1. The molecule has 2 aromatic rings. The van der Waals surface area contributed by atoms with Crippen LogP contribution in [0.25, 0.3) is 11.1 Å². The fraction of sp³-hybridized carbons (Fsp3) is 0.458. The van der Waals surface area contributed by atoms with E-state index in [0.29, 0.717) is 29.3 Å². The maximum atomic E-state index is 13.0. The first-order valence-corrected chi connectivity index (χ1v) is 11.4. The summed E-state index contributed by atoms with van der Waals surface area (Å²) < 4.78 is 5.01. The van der Waals surface area contributed by atoms with E-state index in [4.69, 9.17) is 4.74 Å². The number of hydrogen-bond donors (Lipinski definition) is 1. The lowest BCUT2D eigenvalue weighted by Gasteiger charge is -2.31. The second-order valence-electron chi connectivity index (χ2n) is 8.31. The molecule has 2 atom stereocenters. The molecule has 7 heteroatoms. The van der Waals surface area contributed by atoms with Crippen LogP contribution >= 0.6 is 11.3 Å². The average Bonchev–Trinajstić information content (AvgIpc) is 3.08. The normalized spacial score (nSPS) is 18.6. The van der Waals surface area contributed by atoms with Gasteiger partial charge in [-0.05, 0) is 36.8 Å². The average molecular weight is 443 g/mol. The van der Waals surface area contributed by atoms with Gasteiger partial charge < -0.3 is 20.0 Å². The minimum atomic E-state index is -1.19. The van der Waals surface area contributed by atoms with Gasteiger partial charge in [-0.15, -0.1) is 11.3 Å².